The molecule has 2 atom stereocenters. The smallest absolute Gasteiger partial charge is 0.130 e. The van der Waals surface area contributed by atoms with E-state index in [4.69, 9.17) is 11.0 Å². The molecule has 2 rings (SSSR count). The second kappa shape index (κ2) is 4.72. The molecule has 2 unspecified atom stereocenters. The van der Waals surface area contributed by atoms with E-state index in [1.807, 2.05) is 19.1 Å². The maximum absolute atomic E-state index is 8.96. The highest BCUT2D eigenvalue weighted by atomic mass is 15.2. The lowest BCUT2D eigenvalue weighted by Gasteiger charge is -2.36. The van der Waals surface area contributed by atoms with Crippen LogP contribution in [0.4, 0.5) is 5.82 Å². The van der Waals surface area contributed by atoms with Gasteiger partial charge in [-0.3, -0.25) is 0 Å². The summed E-state index contributed by atoms with van der Waals surface area (Å²) in [6.07, 6.45) is 0.985. The van der Waals surface area contributed by atoms with Crippen LogP contribution in [0.25, 0.3) is 0 Å². The topological polar surface area (TPSA) is 65.9 Å². The highest BCUT2D eigenvalue weighted by Gasteiger charge is 2.24. The monoisotopic (exact) mass is 230 g/mol. The normalized spacial score (nSPS) is 24.5. The average molecular weight is 230 g/mol. The molecular formula is C13H18N4. The number of hydrogen-bond acceptors (Lipinski definition) is 4. The molecule has 4 heteroatoms. The van der Waals surface area contributed by atoms with Gasteiger partial charge in [0.05, 0.1) is 11.6 Å². The van der Waals surface area contributed by atoms with Gasteiger partial charge in [-0.25, -0.2) is 4.98 Å². The molecule has 0 aromatic carbocycles. The van der Waals surface area contributed by atoms with Crippen molar-refractivity contribution in [3.8, 4) is 6.07 Å². The minimum absolute atomic E-state index is 0.284. The van der Waals surface area contributed by atoms with Gasteiger partial charge in [0.15, 0.2) is 0 Å². The molecule has 0 aliphatic carbocycles. The van der Waals surface area contributed by atoms with Crippen molar-refractivity contribution in [2.24, 2.45) is 11.7 Å². The fourth-order valence-corrected chi connectivity index (χ4v) is 2.25. The summed E-state index contributed by atoms with van der Waals surface area (Å²) in [5.41, 5.74) is 7.57. The molecule has 2 heterocycles. The van der Waals surface area contributed by atoms with E-state index in [0.29, 0.717) is 11.5 Å². The minimum atomic E-state index is 0.284. The second-order valence-corrected chi connectivity index (χ2v) is 4.84. The van der Waals surface area contributed by atoms with E-state index in [1.54, 1.807) is 0 Å². The molecule has 0 spiro atoms. The lowest BCUT2D eigenvalue weighted by Crippen LogP contribution is -2.46. The molecule has 1 fully saturated rings. The molecule has 1 aromatic heterocycles. The van der Waals surface area contributed by atoms with Crippen LogP contribution < -0.4 is 10.6 Å². The third kappa shape index (κ3) is 2.56. The van der Waals surface area contributed by atoms with Gasteiger partial charge >= 0.3 is 0 Å². The Bertz CT molecular complexity index is 449. The van der Waals surface area contributed by atoms with Gasteiger partial charge in [-0.2, -0.15) is 5.26 Å². The third-order valence-electron chi connectivity index (χ3n) is 3.36. The van der Waals surface area contributed by atoms with E-state index < -0.39 is 0 Å². The molecule has 0 bridgehead atoms. The maximum Gasteiger partial charge on any atom is 0.130 e. The molecule has 2 N–H and O–H groups in total. The molecule has 1 aromatic rings. The Morgan fingerprint density at radius 1 is 1.53 bits per heavy atom. The number of aromatic nitrogens is 1. The standard InChI is InChI=1S/C13H18N4/c1-9-8-17(4-3-12(9)15)13-6-11(7-14)5-10(2)16-13/h5-6,9,12H,3-4,8,15H2,1-2H3. The number of piperidine rings is 1. The summed E-state index contributed by atoms with van der Waals surface area (Å²) >= 11 is 0. The quantitative estimate of drug-likeness (QED) is 0.792. The molecule has 17 heavy (non-hydrogen) atoms. The summed E-state index contributed by atoms with van der Waals surface area (Å²) in [4.78, 5) is 6.72. The Morgan fingerprint density at radius 3 is 2.94 bits per heavy atom. The number of anilines is 1. The van der Waals surface area contributed by atoms with Gasteiger partial charge in [0.25, 0.3) is 0 Å². The number of pyridine rings is 1. The van der Waals surface area contributed by atoms with Crippen LogP contribution in [0.5, 0.6) is 0 Å². The van der Waals surface area contributed by atoms with Crippen LogP contribution in [0.15, 0.2) is 12.1 Å². The zero-order valence-corrected chi connectivity index (χ0v) is 10.3. The van der Waals surface area contributed by atoms with Crippen LogP contribution in [-0.2, 0) is 0 Å². The number of aryl methyl sites for hydroxylation is 1. The Morgan fingerprint density at radius 2 is 2.29 bits per heavy atom. The SMILES string of the molecule is Cc1cc(C#N)cc(N2CCC(N)C(C)C2)n1. The van der Waals surface area contributed by atoms with Crippen LogP contribution >= 0.6 is 0 Å². The fraction of sp³-hybridized carbons (Fsp3) is 0.538. The number of nitriles is 1. The molecule has 0 radical (unpaired) electrons. The molecule has 1 aliphatic heterocycles. The van der Waals surface area contributed by atoms with E-state index in [1.165, 1.54) is 0 Å². The van der Waals surface area contributed by atoms with Crippen LogP contribution in [0.3, 0.4) is 0 Å². The molecule has 1 aliphatic rings. The van der Waals surface area contributed by atoms with Crippen molar-refractivity contribution in [1.29, 1.82) is 5.26 Å². The summed E-state index contributed by atoms with van der Waals surface area (Å²) in [5, 5.41) is 8.96. The average Bonchev–Trinajstić information content (AvgIpc) is 2.32. The van der Waals surface area contributed by atoms with E-state index in [-0.39, 0.29) is 6.04 Å². The minimum Gasteiger partial charge on any atom is -0.356 e. The summed E-state index contributed by atoms with van der Waals surface area (Å²) in [6, 6.07) is 6.13. The van der Waals surface area contributed by atoms with E-state index in [2.05, 4.69) is 22.9 Å². The van der Waals surface area contributed by atoms with E-state index >= 15 is 0 Å². The van der Waals surface area contributed by atoms with Gasteiger partial charge in [0, 0.05) is 24.8 Å². The van der Waals surface area contributed by atoms with Gasteiger partial charge in [-0.1, -0.05) is 6.92 Å². The fourth-order valence-electron chi connectivity index (χ4n) is 2.25. The van der Waals surface area contributed by atoms with Crippen molar-refractivity contribution in [2.75, 3.05) is 18.0 Å². The largest absolute Gasteiger partial charge is 0.356 e. The lowest BCUT2D eigenvalue weighted by molar-refractivity contribution is 0.381. The number of nitrogens with zero attached hydrogens (tertiary/aromatic N) is 3. The van der Waals surface area contributed by atoms with Gasteiger partial charge < -0.3 is 10.6 Å². The number of rotatable bonds is 1. The first-order chi connectivity index (χ1) is 8.10. The van der Waals surface area contributed by atoms with Crippen molar-refractivity contribution >= 4 is 5.82 Å². The van der Waals surface area contributed by atoms with E-state index in [0.717, 1.165) is 31.0 Å². The Labute approximate surface area is 102 Å². The molecule has 90 valence electrons. The van der Waals surface area contributed by atoms with Crippen LogP contribution in [-0.4, -0.2) is 24.1 Å². The second-order valence-electron chi connectivity index (χ2n) is 4.84. The lowest BCUT2D eigenvalue weighted by atomic mass is 9.95. The van der Waals surface area contributed by atoms with Crippen LogP contribution in [0.1, 0.15) is 24.6 Å². The van der Waals surface area contributed by atoms with Crippen molar-refractivity contribution in [3.05, 3.63) is 23.4 Å². The summed E-state index contributed by atoms with van der Waals surface area (Å²) in [7, 11) is 0. The molecular weight excluding hydrogens is 212 g/mol. The van der Waals surface area contributed by atoms with Crippen molar-refractivity contribution in [2.45, 2.75) is 26.3 Å². The highest BCUT2D eigenvalue weighted by molar-refractivity contribution is 5.47. The van der Waals surface area contributed by atoms with Gasteiger partial charge in [-0.05, 0) is 31.4 Å². The predicted molar refractivity (Wildman–Crippen MR) is 67.7 cm³/mol. The maximum atomic E-state index is 8.96. The van der Waals surface area contributed by atoms with Gasteiger partial charge in [-0.15, -0.1) is 0 Å². The Kier molecular flexibility index (Phi) is 3.30. The Hall–Kier alpha value is -1.60. The third-order valence-corrected chi connectivity index (χ3v) is 3.36. The molecule has 0 amide bonds. The van der Waals surface area contributed by atoms with Crippen molar-refractivity contribution in [3.63, 3.8) is 0 Å². The van der Waals surface area contributed by atoms with Gasteiger partial charge in [0.1, 0.15) is 5.82 Å². The van der Waals surface area contributed by atoms with Crippen LogP contribution in [0.2, 0.25) is 0 Å². The molecule has 0 saturated carbocycles. The highest BCUT2D eigenvalue weighted by Crippen LogP contribution is 2.22. The first-order valence-corrected chi connectivity index (χ1v) is 5.99. The molecule has 4 nitrogen and oxygen atoms in total. The number of hydrogen-bond donors (Lipinski definition) is 1. The van der Waals surface area contributed by atoms with Crippen LogP contribution in [0, 0.1) is 24.2 Å². The summed E-state index contributed by atoms with van der Waals surface area (Å²) in [6.45, 7) is 5.93. The van der Waals surface area contributed by atoms with Crippen molar-refractivity contribution < 1.29 is 0 Å². The van der Waals surface area contributed by atoms with E-state index in [9.17, 15) is 0 Å². The first kappa shape index (κ1) is 11.9. The Balaban J connectivity index is 2.23. The zero-order chi connectivity index (χ0) is 12.4. The number of nitrogens with two attached hydrogens (primary N) is 1. The predicted octanol–water partition coefficient (Wildman–Crippen LogP) is 1.44. The summed E-state index contributed by atoms with van der Waals surface area (Å²) in [5.74, 6) is 1.37. The first-order valence-electron chi connectivity index (χ1n) is 5.99. The van der Waals surface area contributed by atoms with Gasteiger partial charge in [0.2, 0.25) is 0 Å². The molecule has 1 saturated heterocycles. The summed E-state index contributed by atoms with van der Waals surface area (Å²) < 4.78 is 0. The van der Waals surface area contributed by atoms with Crippen molar-refractivity contribution in [1.82, 2.24) is 4.98 Å². The zero-order valence-electron chi connectivity index (χ0n) is 10.3.